The number of carbonyl (C=O) groups excluding carboxylic acids is 1. The van der Waals surface area contributed by atoms with Crippen LogP contribution in [0.1, 0.15) is 24.8 Å². The van der Waals surface area contributed by atoms with E-state index in [0.717, 1.165) is 41.5 Å². The van der Waals surface area contributed by atoms with Crippen molar-refractivity contribution in [3.8, 4) is 0 Å². The van der Waals surface area contributed by atoms with Gasteiger partial charge in [-0.15, -0.1) is 0 Å². The number of hydrogen-bond donors (Lipinski definition) is 2. The average Bonchev–Trinajstić information content (AvgIpc) is 2.38. The maximum Gasteiger partial charge on any atom is 0.240 e. The number of nitrogens with zero attached hydrogens (tertiary/aromatic N) is 1. The molecular formula is C13H16BrN3OS. The van der Waals surface area contributed by atoms with Crippen LogP contribution in [0.25, 0.3) is 0 Å². The fourth-order valence-corrected chi connectivity index (χ4v) is 3.14. The van der Waals surface area contributed by atoms with Gasteiger partial charge in [0.2, 0.25) is 5.91 Å². The van der Waals surface area contributed by atoms with E-state index in [-0.39, 0.29) is 11.9 Å². The van der Waals surface area contributed by atoms with Crippen LogP contribution in [-0.2, 0) is 4.79 Å². The molecule has 4 N–H and O–H groups in total. The molecule has 0 aliphatic carbocycles. The minimum absolute atomic E-state index is 0.235. The SMILES string of the molecule is NC(=O)C1CCCCN1c1ccc(C(N)=S)cc1Br. The molecule has 19 heavy (non-hydrogen) atoms. The Balaban J connectivity index is 2.34. The van der Waals surface area contributed by atoms with Gasteiger partial charge in [-0.2, -0.15) is 0 Å². The average molecular weight is 342 g/mol. The molecule has 0 spiro atoms. The van der Waals surface area contributed by atoms with Crippen molar-refractivity contribution in [2.24, 2.45) is 11.5 Å². The Morgan fingerprint density at radius 3 is 2.68 bits per heavy atom. The summed E-state index contributed by atoms with van der Waals surface area (Å²) < 4.78 is 0.881. The predicted octanol–water partition coefficient (Wildman–Crippen LogP) is 1.93. The number of halogens is 1. The van der Waals surface area contributed by atoms with Crippen molar-refractivity contribution < 1.29 is 4.79 Å². The molecule has 102 valence electrons. The number of piperidine rings is 1. The highest BCUT2D eigenvalue weighted by Crippen LogP contribution is 2.32. The van der Waals surface area contributed by atoms with Gasteiger partial charge in [0.1, 0.15) is 11.0 Å². The summed E-state index contributed by atoms with van der Waals surface area (Å²) in [5.74, 6) is -0.273. The third-order valence-corrected chi connectivity index (χ3v) is 4.24. The summed E-state index contributed by atoms with van der Waals surface area (Å²) in [6.07, 6.45) is 2.90. The topological polar surface area (TPSA) is 72.4 Å². The molecule has 0 bridgehead atoms. The van der Waals surface area contributed by atoms with Gasteiger partial charge in [-0.05, 0) is 53.4 Å². The first-order chi connectivity index (χ1) is 9.00. The molecule has 1 aromatic carbocycles. The maximum atomic E-state index is 11.5. The van der Waals surface area contributed by atoms with Crippen molar-refractivity contribution >= 4 is 44.7 Å². The summed E-state index contributed by atoms with van der Waals surface area (Å²) in [4.78, 5) is 14.0. The summed E-state index contributed by atoms with van der Waals surface area (Å²) in [6.45, 7) is 0.832. The molecule has 1 fully saturated rings. The number of anilines is 1. The summed E-state index contributed by atoms with van der Waals surface area (Å²) in [5.41, 5.74) is 12.9. The first-order valence-corrected chi connectivity index (χ1v) is 7.36. The molecule has 1 aromatic rings. The molecule has 1 aliphatic heterocycles. The van der Waals surface area contributed by atoms with Crippen molar-refractivity contribution in [3.05, 3.63) is 28.2 Å². The lowest BCUT2D eigenvalue weighted by Crippen LogP contribution is -2.48. The van der Waals surface area contributed by atoms with Crippen LogP contribution < -0.4 is 16.4 Å². The Kier molecular flexibility index (Phi) is 4.42. The first-order valence-electron chi connectivity index (χ1n) is 6.16. The number of rotatable bonds is 3. The number of primary amides is 1. The van der Waals surface area contributed by atoms with Crippen LogP contribution in [0.4, 0.5) is 5.69 Å². The van der Waals surface area contributed by atoms with Crippen LogP contribution >= 0.6 is 28.1 Å². The Hall–Kier alpha value is -1.14. The van der Waals surface area contributed by atoms with Crippen molar-refractivity contribution in [3.63, 3.8) is 0 Å². The van der Waals surface area contributed by atoms with Crippen LogP contribution in [0.5, 0.6) is 0 Å². The van der Waals surface area contributed by atoms with E-state index >= 15 is 0 Å². The van der Waals surface area contributed by atoms with E-state index in [2.05, 4.69) is 20.8 Å². The van der Waals surface area contributed by atoms with E-state index in [9.17, 15) is 4.79 Å². The lowest BCUT2D eigenvalue weighted by molar-refractivity contribution is -0.119. The van der Waals surface area contributed by atoms with E-state index in [4.69, 9.17) is 23.7 Å². The van der Waals surface area contributed by atoms with E-state index in [0.29, 0.717) is 4.99 Å². The Morgan fingerprint density at radius 1 is 1.37 bits per heavy atom. The Bertz CT molecular complexity index is 521. The molecule has 4 nitrogen and oxygen atoms in total. The number of hydrogen-bond acceptors (Lipinski definition) is 3. The quantitative estimate of drug-likeness (QED) is 0.824. The molecule has 1 atom stereocenters. The second-order valence-corrected chi connectivity index (χ2v) is 5.93. The first kappa shape index (κ1) is 14.3. The van der Waals surface area contributed by atoms with Crippen molar-refractivity contribution in [2.45, 2.75) is 25.3 Å². The largest absolute Gasteiger partial charge is 0.389 e. The molecule has 1 amide bonds. The zero-order chi connectivity index (χ0) is 14.0. The molecule has 0 saturated carbocycles. The zero-order valence-corrected chi connectivity index (χ0v) is 12.8. The summed E-state index contributed by atoms with van der Waals surface area (Å²) >= 11 is 8.47. The molecule has 0 radical (unpaired) electrons. The number of thiocarbonyl (C=S) groups is 1. The minimum Gasteiger partial charge on any atom is -0.389 e. The molecular weight excluding hydrogens is 326 g/mol. The highest BCUT2D eigenvalue weighted by molar-refractivity contribution is 9.10. The standard InChI is InChI=1S/C13H16BrN3OS/c14-9-7-8(13(16)19)4-5-10(9)17-6-2-1-3-11(17)12(15)18/h4-5,7,11H,1-3,6H2,(H2,15,18)(H2,16,19). The van der Waals surface area contributed by atoms with Crippen LogP contribution in [0.2, 0.25) is 0 Å². The fourth-order valence-electron chi connectivity index (χ4n) is 2.41. The van der Waals surface area contributed by atoms with Crippen molar-refractivity contribution in [1.29, 1.82) is 0 Å². The van der Waals surface area contributed by atoms with E-state index < -0.39 is 0 Å². The van der Waals surface area contributed by atoms with E-state index in [1.54, 1.807) is 0 Å². The third kappa shape index (κ3) is 3.06. The van der Waals surface area contributed by atoms with Gasteiger partial charge in [0.05, 0.1) is 5.69 Å². The summed E-state index contributed by atoms with van der Waals surface area (Å²) in [7, 11) is 0. The predicted molar refractivity (Wildman–Crippen MR) is 84.2 cm³/mol. The monoisotopic (exact) mass is 341 g/mol. The highest BCUT2D eigenvalue weighted by atomic mass is 79.9. The molecule has 1 heterocycles. The van der Waals surface area contributed by atoms with Gasteiger partial charge in [-0.25, -0.2) is 0 Å². The van der Waals surface area contributed by atoms with Gasteiger partial charge < -0.3 is 16.4 Å². The summed E-state index contributed by atoms with van der Waals surface area (Å²) in [5, 5.41) is 0. The molecule has 1 aliphatic rings. The van der Waals surface area contributed by atoms with E-state index in [1.165, 1.54) is 0 Å². The van der Waals surface area contributed by atoms with Crippen LogP contribution in [0.3, 0.4) is 0 Å². The van der Waals surface area contributed by atoms with Gasteiger partial charge in [-0.3, -0.25) is 4.79 Å². The highest BCUT2D eigenvalue weighted by Gasteiger charge is 2.28. The fraction of sp³-hybridized carbons (Fsp3) is 0.385. The number of amides is 1. The molecule has 6 heteroatoms. The van der Waals surface area contributed by atoms with Gasteiger partial charge in [0.25, 0.3) is 0 Å². The zero-order valence-electron chi connectivity index (χ0n) is 10.4. The van der Waals surface area contributed by atoms with Crippen molar-refractivity contribution in [2.75, 3.05) is 11.4 Å². The second-order valence-electron chi connectivity index (χ2n) is 4.64. The normalized spacial score (nSPS) is 19.2. The molecule has 1 unspecified atom stereocenters. The molecule has 1 saturated heterocycles. The minimum atomic E-state index is -0.273. The lowest BCUT2D eigenvalue weighted by Gasteiger charge is -2.36. The Morgan fingerprint density at radius 2 is 2.11 bits per heavy atom. The number of benzene rings is 1. The van der Waals surface area contributed by atoms with Gasteiger partial charge in [-0.1, -0.05) is 12.2 Å². The van der Waals surface area contributed by atoms with Crippen molar-refractivity contribution in [1.82, 2.24) is 0 Å². The molecule has 0 aromatic heterocycles. The van der Waals surface area contributed by atoms with Gasteiger partial charge >= 0.3 is 0 Å². The maximum absolute atomic E-state index is 11.5. The van der Waals surface area contributed by atoms with E-state index in [1.807, 2.05) is 18.2 Å². The third-order valence-electron chi connectivity index (χ3n) is 3.37. The lowest BCUT2D eigenvalue weighted by atomic mass is 10.0. The van der Waals surface area contributed by atoms with Crippen LogP contribution in [0.15, 0.2) is 22.7 Å². The van der Waals surface area contributed by atoms with Gasteiger partial charge in [0, 0.05) is 16.6 Å². The molecule has 2 rings (SSSR count). The van der Waals surface area contributed by atoms with Gasteiger partial charge in [0.15, 0.2) is 0 Å². The number of carbonyl (C=O) groups is 1. The van der Waals surface area contributed by atoms with Crippen LogP contribution in [-0.4, -0.2) is 23.5 Å². The van der Waals surface area contributed by atoms with Crippen LogP contribution in [0, 0.1) is 0 Å². The second kappa shape index (κ2) is 5.88. The Labute approximate surface area is 126 Å². The number of nitrogens with two attached hydrogens (primary N) is 2. The smallest absolute Gasteiger partial charge is 0.240 e. The summed E-state index contributed by atoms with van der Waals surface area (Å²) in [6, 6.07) is 5.44.